The highest BCUT2D eigenvalue weighted by Gasteiger charge is 2.26. The maximum atomic E-state index is 11.8. The predicted octanol–water partition coefficient (Wildman–Crippen LogP) is 4.28. The van der Waals surface area contributed by atoms with E-state index in [4.69, 9.17) is 4.74 Å². The van der Waals surface area contributed by atoms with E-state index in [-0.39, 0.29) is 24.0 Å². The summed E-state index contributed by atoms with van der Waals surface area (Å²) in [4.78, 5) is 11.8. The number of esters is 1. The summed E-state index contributed by atoms with van der Waals surface area (Å²) in [6.45, 7) is 13.5. The first kappa shape index (κ1) is 19.6. The van der Waals surface area contributed by atoms with Gasteiger partial charge in [0.05, 0.1) is 17.7 Å². The Bertz CT molecular complexity index is 405. The molecule has 0 N–H and O–H groups in total. The molecule has 0 aromatic heterocycles. The van der Waals surface area contributed by atoms with Gasteiger partial charge < -0.3 is 4.74 Å². The molecule has 0 aromatic rings. The Morgan fingerprint density at radius 1 is 1.19 bits per heavy atom. The van der Waals surface area contributed by atoms with Crippen molar-refractivity contribution in [2.24, 2.45) is 16.1 Å². The van der Waals surface area contributed by atoms with Gasteiger partial charge in [-0.3, -0.25) is 4.79 Å². The molecule has 0 fully saturated rings. The molecule has 0 spiro atoms. The summed E-state index contributed by atoms with van der Waals surface area (Å²) in [5, 5.41) is 17.5. The second kappa shape index (κ2) is 8.11. The van der Waals surface area contributed by atoms with Crippen LogP contribution in [0.5, 0.6) is 0 Å². The van der Waals surface area contributed by atoms with Gasteiger partial charge in [-0.15, -0.1) is 0 Å². The van der Waals surface area contributed by atoms with Gasteiger partial charge in [0.2, 0.25) is 0 Å². The van der Waals surface area contributed by atoms with Crippen molar-refractivity contribution in [2.45, 2.75) is 84.9 Å². The number of rotatable bonds is 7. The van der Waals surface area contributed by atoms with Crippen LogP contribution in [0.2, 0.25) is 0 Å². The van der Waals surface area contributed by atoms with E-state index in [0.29, 0.717) is 12.3 Å². The van der Waals surface area contributed by atoms with Crippen molar-refractivity contribution >= 4 is 5.97 Å². The number of hydrogen-bond acceptors (Lipinski definition) is 5. The zero-order valence-corrected chi connectivity index (χ0v) is 14.4. The van der Waals surface area contributed by atoms with E-state index in [9.17, 15) is 10.1 Å². The lowest BCUT2D eigenvalue weighted by atomic mass is 9.99. The van der Waals surface area contributed by atoms with Gasteiger partial charge in [0.25, 0.3) is 0 Å². The third-order valence-corrected chi connectivity index (χ3v) is 2.76. The molecule has 0 bridgehead atoms. The summed E-state index contributed by atoms with van der Waals surface area (Å²) in [7, 11) is 0. The number of nitrogens with zero attached hydrogens (tertiary/aromatic N) is 3. The predicted molar refractivity (Wildman–Crippen MR) is 82.9 cm³/mol. The summed E-state index contributed by atoms with van der Waals surface area (Å²) in [5.74, 6) is 0.202. The Kier molecular flexibility index (Phi) is 7.56. The molecule has 0 aliphatic carbocycles. The van der Waals surface area contributed by atoms with Crippen LogP contribution in [0.1, 0.15) is 67.7 Å². The lowest BCUT2D eigenvalue weighted by molar-refractivity contribution is -0.149. The Hall–Kier alpha value is -1.44. The Morgan fingerprint density at radius 3 is 2.19 bits per heavy atom. The summed E-state index contributed by atoms with van der Waals surface area (Å²) >= 11 is 0. The minimum absolute atomic E-state index is 0.0953. The molecule has 0 rings (SSSR count). The van der Waals surface area contributed by atoms with Gasteiger partial charge in [0.1, 0.15) is 0 Å². The zero-order chi connectivity index (χ0) is 16.7. The van der Waals surface area contributed by atoms with Crippen LogP contribution in [-0.2, 0) is 9.53 Å². The van der Waals surface area contributed by atoms with Crippen molar-refractivity contribution < 1.29 is 9.53 Å². The molecule has 0 radical (unpaired) electrons. The highest BCUT2D eigenvalue weighted by Crippen LogP contribution is 2.21. The Morgan fingerprint density at radius 2 is 1.76 bits per heavy atom. The summed E-state index contributed by atoms with van der Waals surface area (Å²) < 4.78 is 5.33. The Balaban J connectivity index is 4.43. The first-order valence-electron chi connectivity index (χ1n) is 7.52. The number of carbonyl (C=O) groups excluding carboxylic acids is 1. The topological polar surface area (TPSA) is 74.8 Å². The van der Waals surface area contributed by atoms with Gasteiger partial charge in [-0.2, -0.15) is 15.5 Å². The minimum atomic E-state index is -0.979. The molecule has 5 nitrogen and oxygen atoms in total. The number of azo groups is 1. The molecule has 0 aromatic carbocycles. The summed E-state index contributed by atoms with van der Waals surface area (Å²) in [6, 6.07) is 2.12. The molecule has 0 saturated heterocycles. The lowest BCUT2D eigenvalue weighted by Gasteiger charge is -2.19. The van der Waals surface area contributed by atoms with Crippen molar-refractivity contribution in [3.05, 3.63) is 0 Å². The van der Waals surface area contributed by atoms with Crippen LogP contribution in [0.25, 0.3) is 0 Å². The molecule has 2 unspecified atom stereocenters. The van der Waals surface area contributed by atoms with E-state index < -0.39 is 5.54 Å². The van der Waals surface area contributed by atoms with E-state index in [0.717, 1.165) is 6.42 Å². The maximum Gasteiger partial charge on any atom is 0.306 e. The standard InChI is InChI=1S/C16H29N3O2/c1-12(2)10-13(3)21-14(20)8-9-16(7,11-17)19-18-15(4,5)6/h12-13H,8-10H2,1-7H3. The van der Waals surface area contributed by atoms with Crippen molar-refractivity contribution in [1.82, 2.24) is 0 Å². The van der Waals surface area contributed by atoms with Crippen LogP contribution < -0.4 is 0 Å². The van der Waals surface area contributed by atoms with Crippen molar-refractivity contribution in [1.29, 1.82) is 5.26 Å². The Labute approximate surface area is 128 Å². The van der Waals surface area contributed by atoms with Crippen LogP contribution >= 0.6 is 0 Å². The lowest BCUT2D eigenvalue weighted by Crippen LogP contribution is -2.24. The summed E-state index contributed by atoms with van der Waals surface area (Å²) in [6.07, 6.45) is 1.23. The van der Waals surface area contributed by atoms with Crippen molar-refractivity contribution in [2.75, 3.05) is 0 Å². The van der Waals surface area contributed by atoms with Crippen LogP contribution in [-0.4, -0.2) is 23.2 Å². The molecular weight excluding hydrogens is 266 g/mol. The van der Waals surface area contributed by atoms with Gasteiger partial charge >= 0.3 is 5.97 Å². The number of hydrogen-bond donors (Lipinski definition) is 0. The van der Waals surface area contributed by atoms with Crippen LogP contribution in [0.15, 0.2) is 10.2 Å². The van der Waals surface area contributed by atoms with Crippen LogP contribution in [0.3, 0.4) is 0 Å². The van der Waals surface area contributed by atoms with E-state index >= 15 is 0 Å². The molecule has 0 heterocycles. The fourth-order valence-electron chi connectivity index (χ4n) is 1.73. The fourth-order valence-corrected chi connectivity index (χ4v) is 1.73. The molecule has 0 saturated carbocycles. The normalized spacial score (nSPS) is 16.5. The second-order valence-electron chi connectivity index (χ2n) is 7.19. The molecule has 2 atom stereocenters. The molecule has 0 aliphatic rings. The van der Waals surface area contributed by atoms with Gasteiger partial charge in [-0.05, 0) is 53.4 Å². The number of carbonyl (C=O) groups is 1. The third kappa shape index (κ3) is 10.0. The van der Waals surface area contributed by atoms with Gasteiger partial charge in [0.15, 0.2) is 5.54 Å². The van der Waals surface area contributed by atoms with Gasteiger partial charge in [-0.25, -0.2) is 0 Å². The minimum Gasteiger partial charge on any atom is -0.463 e. The van der Waals surface area contributed by atoms with Crippen molar-refractivity contribution in [3.63, 3.8) is 0 Å². The van der Waals surface area contributed by atoms with Crippen LogP contribution in [0.4, 0.5) is 0 Å². The molecule has 0 aliphatic heterocycles. The zero-order valence-electron chi connectivity index (χ0n) is 14.4. The van der Waals surface area contributed by atoms with E-state index in [1.165, 1.54) is 0 Å². The molecule has 21 heavy (non-hydrogen) atoms. The van der Waals surface area contributed by atoms with Gasteiger partial charge in [0, 0.05) is 6.42 Å². The second-order valence-corrected chi connectivity index (χ2v) is 7.19. The molecular formula is C16H29N3O2. The monoisotopic (exact) mass is 295 g/mol. The maximum absolute atomic E-state index is 11.8. The molecule has 0 amide bonds. The average Bonchev–Trinajstić information content (AvgIpc) is 2.32. The third-order valence-electron chi connectivity index (χ3n) is 2.76. The van der Waals surface area contributed by atoms with Crippen LogP contribution in [0, 0.1) is 17.2 Å². The first-order chi connectivity index (χ1) is 9.47. The largest absolute Gasteiger partial charge is 0.463 e. The summed E-state index contributed by atoms with van der Waals surface area (Å²) in [5.41, 5.74) is -1.31. The quantitative estimate of drug-likeness (QED) is 0.519. The fraction of sp³-hybridized carbons (Fsp3) is 0.875. The number of ether oxygens (including phenoxy) is 1. The van der Waals surface area contributed by atoms with Crippen molar-refractivity contribution in [3.8, 4) is 6.07 Å². The van der Waals surface area contributed by atoms with Gasteiger partial charge in [-0.1, -0.05) is 13.8 Å². The highest BCUT2D eigenvalue weighted by atomic mass is 16.5. The average molecular weight is 295 g/mol. The smallest absolute Gasteiger partial charge is 0.306 e. The molecule has 120 valence electrons. The van der Waals surface area contributed by atoms with E-state index in [1.54, 1.807) is 6.92 Å². The molecule has 5 heteroatoms. The highest BCUT2D eigenvalue weighted by molar-refractivity contribution is 5.69. The van der Waals surface area contributed by atoms with E-state index in [2.05, 4.69) is 30.1 Å². The number of nitriles is 1. The SMILES string of the molecule is CC(C)CC(C)OC(=O)CCC(C)(C#N)N=NC(C)(C)C. The van der Waals surface area contributed by atoms with E-state index in [1.807, 2.05) is 27.7 Å². The first-order valence-corrected chi connectivity index (χ1v) is 7.52.